The van der Waals surface area contributed by atoms with Crippen LogP contribution in [0, 0.1) is 24.2 Å². The lowest BCUT2D eigenvalue weighted by molar-refractivity contribution is 0.00398. The Bertz CT molecular complexity index is 673. The maximum Gasteiger partial charge on any atom is 0.410 e. The van der Waals surface area contributed by atoms with Crippen molar-refractivity contribution in [2.75, 3.05) is 13.2 Å². The van der Waals surface area contributed by atoms with Gasteiger partial charge < -0.3 is 14.4 Å². The first-order valence-electron chi connectivity index (χ1n) is 9.33. The maximum atomic E-state index is 12.4. The van der Waals surface area contributed by atoms with Crippen LogP contribution >= 0.6 is 0 Å². The Kier molecular flexibility index (Phi) is 6.52. The molecule has 2 atom stereocenters. The van der Waals surface area contributed by atoms with Crippen molar-refractivity contribution in [1.29, 1.82) is 5.26 Å². The van der Waals surface area contributed by atoms with E-state index >= 15 is 0 Å². The molecule has 0 spiro atoms. The van der Waals surface area contributed by atoms with Gasteiger partial charge in [-0.05, 0) is 77.5 Å². The predicted molar refractivity (Wildman–Crippen MR) is 101 cm³/mol. The molecule has 2 unspecified atom stereocenters. The molecule has 1 aliphatic rings. The molecule has 2 rings (SSSR count). The van der Waals surface area contributed by atoms with Crippen LogP contribution in [-0.2, 0) is 4.74 Å². The SMILES string of the molecule is Cc1ccc(OCCC2CCC(C)N(C(=O)OC(C)(C)C)C2)cc1C#N. The van der Waals surface area contributed by atoms with Crippen molar-refractivity contribution in [1.82, 2.24) is 4.90 Å². The molecule has 0 aromatic heterocycles. The Labute approximate surface area is 156 Å². The number of nitriles is 1. The van der Waals surface area contributed by atoms with Crippen LogP contribution < -0.4 is 4.74 Å². The second kappa shape index (κ2) is 8.44. The maximum absolute atomic E-state index is 12.4. The van der Waals surface area contributed by atoms with Crippen LogP contribution in [0.15, 0.2) is 18.2 Å². The Morgan fingerprint density at radius 1 is 1.35 bits per heavy atom. The Hall–Kier alpha value is -2.22. The first-order valence-corrected chi connectivity index (χ1v) is 9.33. The number of rotatable bonds is 4. The summed E-state index contributed by atoms with van der Waals surface area (Å²) in [6.07, 6.45) is 2.71. The lowest BCUT2D eigenvalue weighted by Crippen LogP contribution is -2.47. The smallest absolute Gasteiger partial charge is 0.410 e. The molecule has 5 nitrogen and oxygen atoms in total. The molecular weight excluding hydrogens is 328 g/mol. The zero-order valence-electron chi connectivity index (χ0n) is 16.5. The summed E-state index contributed by atoms with van der Waals surface area (Å²) < 4.78 is 11.4. The van der Waals surface area contributed by atoms with Gasteiger partial charge in [-0.1, -0.05) is 6.07 Å². The minimum absolute atomic E-state index is 0.206. The van der Waals surface area contributed by atoms with Gasteiger partial charge in [0, 0.05) is 12.6 Å². The summed E-state index contributed by atoms with van der Waals surface area (Å²) in [5, 5.41) is 9.10. The Morgan fingerprint density at radius 2 is 2.08 bits per heavy atom. The molecule has 1 amide bonds. The molecule has 1 aromatic carbocycles. The summed E-state index contributed by atoms with van der Waals surface area (Å²) in [7, 11) is 0. The highest BCUT2D eigenvalue weighted by Crippen LogP contribution is 2.26. The summed E-state index contributed by atoms with van der Waals surface area (Å²) in [6, 6.07) is 7.97. The van der Waals surface area contributed by atoms with Gasteiger partial charge in [0.05, 0.1) is 18.2 Å². The molecule has 0 saturated carbocycles. The van der Waals surface area contributed by atoms with E-state index in [4.69, 9.17) is 14.7 Å². The van der Waals surface area contributed by atoms with Crippen molar-refractivity contribution in [3.8, 4) is 11.8 Å². The van der Waals surface area contributed by atoms with Crippen LogP contribution in [0.2, 0.25) is 0 Å². The number of ether oxygens (including phenoxy) is 2. The van der Waals surface area contributed by atoms with Gasteiger partial charge in [-0.15, -0.1) is 0 Å². The summed E-state index contributed by atoms with van der Waals surface area (Å²) in [5.41, 5.74) is 1.12. The third-order valence-electron chi connectivity index (χ3n) is 4.73. The monoisotopic (exact) mass is 358 g/mol. The molecule has 1 heterocycles. The van der Waals surface area contributed by atoms with Crippen LogP contribution in [0.3, 0.4) is 0 Å². The average Bonchev–Trinajstić information content (AvgIpc) is 2.56. The van der Waals surface area contributed by atoms with E-state index in [9.17, 15) is 4.79 Å². The number of carbonyl (C=O) groups is 1. The molecule has 0 aliphatic carbocycles. The summed E-state index contributed by atoms with van der Waals surface area (Å²) in [4.78, 5) is 14.3. The molecule has 0 N–H and O–H groups in total. The number of carbonyl (C=O) groups excluding carboxylic acids is 1. The first-order chi connectivity index (χ1) is 12.2. The van der Waals surface area contributed by atoms with E-state index in [0.717, 1.165) is 30.6 Å². The van der Waals surface area contributed by atoms with Crippen LogP contribution in [0.1, 0.15) is 58.1 Å². The summed E-state index contributed by atoms with van der Waals surface area (Å²) in [5.74, 6) is 1.12. The highest BCUT2D eigenvalue weighted by Gasteiger charge is 2.31. The van der Waals surface area contributed by atoms with Crippen molar-refractivity contribution in [3.63, 3.8) is 0 Å². The number of nitrogens with zero attached hydrogens (tertiary/aromatic N) is 2. The fourth-order valence-electron chi connectivity index (χ4n) is 3.15. The summed E-state index contributed by atoms with van der Waals surface area (Å²) in [6.45, 7) is 10.9. The Morgan fingerprint density at radius 3 is 2.73 bits per heavy atom. The molecular formula is C21H30N2O3. The molecule has 5 heteroatoms. The van der Waals surface area contributed by atoms with Gasteiger partial charge in [0.25, 0.3) is 0 Å². The van der Waals surface area contributed by atoms with E-state index < -0.39 is 5.60 Å². The minimum Gasteiger partial charge on any atom is -0.494 e. The van der Waals surface area contributed by atoms with Crippen molar-refractivity contribution in [3.05, 3.63) is 29.3 Å². The fourth-order valence-corrected chi connectivity index (χ4v) is 3.15. The largest absolute Gasteiger partial charge is 0.494 e. The van der Waals surface area contributed by atoms with E-state index in [1.54, 1.807) is 6.07 Å². The number of piperidine rings is 1. The number of likely N-dealkylation sites (tertiary alicyclic amines) is 1. The summed E-state index contributed by atoms with van der Waals surface area (Å²) >= 11 is 0. The lowest BCUT2D eigenvalue weighted by atomic mass is 9.91. The van der Waals surface area contributed by atoms with Gasteiger partial charge >= 0.3 is 6.09 Å². The number of amides is 1. The second-order valence-corrected chi connectivity index (χ2v) is 8.15. The molecule has 26 heavy (non-hydrogen) atoms. The van der Waals surface area contributed by atoms with Gasteiger partial charge in [0.15, 0.2) is 0 Å². The number of benzene rings is 1. The van der Waals surface area contributed by atoms with Crippen molar-refractivity contribution >= 4 is 6.09 Å². The topological polar surface area (TPSA) is 62.6 Å². The quantitative estimate of drug-likeness (QED) is 0.784. The second-order valence-electron chi connectivity index (χ2n) is 8.15. The molecule has 1 fully saturated rings. The number of aryl methyl sites for hydroxylation is 1. The van der Waals surface area contributed by atoms with Gasteiger partial charge in [0.1, 0.15) is 11.4 Å². The standard InChI is InChI=1S/C21H30N2O3/c1-15-6-9-19(12-18(15)13-22)25-11-10-17-8-7-16(2)23(14-17)20(24)26-21(3,4)5/h6,9,12,16-17H,7-8,10-11,14H2,1-5H3. The normalized spacial score (nSPS) is 20.4. The predicted octanol–water partition coefficient (Wildman–Crippen LogP) is 4.67. The average molecular weight is 358 g/mol. The van der Waals surface area contributed by atoms with E-state index in [1.165, 1.54) is 0 Å². The van der Waals surface area contributed by atoms with Crippen molar-refractivity contribution < 1.29 is 14.3 Å². The molecule has 0 radical (unpaired) electrons. The lowest BCUT2D eigenvalue weighted by Gasteiger charge is -2.38. The molecule has 0 bridgehead atoms. The molecule has 1 aromatic rings. The van der Waals surface area contributed by atoms with Gasteiger partial charge in [0.2, 0.25) is 0 Å². The van der Waals surface area contributed by atoms with E-state index in [2.05, 4.69) is 13.0 Å². The molecule has 1 saturated heterocycles. The number of hydrogen-bond donors (Lipinski definition) is 0. The Balaban J connectivity index is 1.86. The zero-order chi connectivity index (χ0) is 19.3. The first kappa shape index (κ1) is 20.1. The van der Waals surface area contributed by atoms with Gasteiger partial charge in [-0.3, -0.25) is 0 Å². The zero-order valence-corrected chi connectivity index (χ0v) is 16.5. The van der Waals surface area contributed by atoms with Gasteiger partial charge in [-0.2, -0.15) is 5.26 Å². The minimum atomic E-state index is -0.475. The molecule has 142 valence electrons. The fraction of sp³-hybridized carbons (Fsp3) is 0.619. The third-order valence-corrected chi connectivity index (χ3v) is 4.73. The van der Waals surface area contributed by atoms with Crippen molar-refractivity contribution in [2.45, 2.75) is 65.5 Å². The highest BCUT2D eigenvalue weighted by molar-refractivity contribution is 5.68. The highest BCUT2D eigenvalue weighted by atomic mass is 16.6. The molecule has 1 aliphatic heterocycles. The van der Waals surface area contributed by atoms with Gasteiger partial charge in [-0.25, -0.2) is 4.79 Å². The number of hydrogen-bond acceptors (Lipinski definition) is 4. The van der Waals surface area contributed by atoms with Crippen LogP contribution in [0.4, 0.5) is 4.79 Å². The van der Waals surface area contributed by atoms with Crippen LogP contribution in [0.5, 0.6) is 5.75 Å². The van der Waals surface area contributed by atoms with Crippen LogP contribution in [-0.4, -0.2) is 35.8 Å². The third kappa shape index (κ3) is 5.66. The van der Waals surface area contributed by atoms with E-state index in [-0.39, 0.29) is 12.1 Å². The van der Waals surface area contributed by atoms with E-state index in [1.807, 2.05) is 44.7 Å². The van der Waals surface area contributed by atoms with Crippen LogP contribution in [0.25, 0.3) is 0 Å². The van der Waals surface area contributed by atoms with E-state index in [0.29, 0.717) is 24.6 Å². The van der Waals surface area contributed by atoms with Crippen molar-refractivity contribution in [2.24, 2.45) is 5.92 Å².